The Morgan fingerprint density at radius 2 is 1.86 bits per heavy atom. The standard InChI is InChI=1S/C21H23ClN4O2/c1-14-11-18(16(13-23)12-19(14)26(2)3)25-20(27)5-4-10-24-21(28)15-6-8-17(22)9-7-15/h6-9,11-12H,4-5,10H2,1-3H3,(H,24,28)(H,25,27). The molecule has 2 aromatic rings. The maximum absolute atomic E-state index is 12.2. The minimum atomic E-state index is -0.209. The Morgan fingerprint density at radius 1 is 1.18 bits per heavy atom. The second-order valence-electron chi connectivity index (χ2n) is 6.61. The van der Waals surface area contributed by atoms with Crippen LogP contribution in [-0.4, -0.2) is 32.5 Å². The summed E-state index contributed by atoms with van der Waals surface area (Å²) in [5, 5.41) is 15.5. The number of hydrogen-bond acceptors (Lipinski definition) is 4. The van der Waals surface area contributed by atoms with Crippen LogP contribution in [0.3, 0.4) is 0 Å². The summed E-state index contributed by atoms with van der Waals surface area (Å²) >= 11 is 5.80. The van der Waals surface area contributed by atoms with E-state index in [1.54, 1.807) is 36.4 Å². The van der Waals surface area contributed by atoms with Gasteiger partial charge in [0.05, 0.1) is 11.3 Å². The Labute approximate surface area is 170 Å². The van der Waals surface area contributed by atoms with Crippen LogP contribution in [0.2, 0.25) is 5.02 Å². The molecule has 0 spiro atoms. The average Bonchev–Trinajstić information content (AvgIpc) is 2.65. The molecule has 0 aliphatic carbocycles. The van der Waals surface area contributed by atoms with Gasteiger partial charge in [-0.15, -0.1) is 0 Å². The van der Waals surface area contributed by atoms with Gasteiger partial charge in [-0.3, -0.25) is 9.59 Å². The molecule has 0 aromatic heterocycles. The quantitative estimate of drug-likeness (QED) is 0.696. The predicted octanol–water partition coefficient (Wildman–Crippen LogP) is 3.73. The average molecular weight is 399 g/mol. The normalized spacial score (nSPS) is 10.1. The van der Waals surface area contributed by atoms with Crippen molar-refractivity contribution in [1.29, 1.82) is 5.26 Å². The topological polar surface area (TPSA) is 85.2 Å². The molecule has 0 saturated carbocycles. The highest BCUT2D eigenvalue weighted by Gasteiger charge is 2.12. The van der Waals surface area contributed by atoms with E-state index in [0.717, 1.165) is 11.3 Å². The molecule has 6 nitrogen and oxygen atoms in total. The third-order valence-electron chi connectivity index (χ3n) is 4.19. The van der Waals surface area contributed by atoms with E-state index in [0.29, 0.717) is 34.8 Å². The van der Waals surface area contributed by atoms with Crippen LogP contribution in [0.4, 0.5) is 11.4 Å². The summed E-state index contributed by atoms with van der Waals surface area (Å²) < 4.78 is 0. The monoisotopic (exact) mass is 398 g/mol. The Bertz CT molecular complexity index is 902. The van der Waals surface area contributed by atoms with Gasteiger partial charge in [-0.05, 0) is 55.3 Å². The van der Waals surface area contributed by atoms with Gasteiger partial charge in [0.1, 0.15) is 6.07 Å². The molecule has 2 N–H and O–H groups in total. The van der Waals surface area contributed by atoms with E-state index in [1.807, 2.05) is 25.9 Å². The summed E-state index contributed by atoms with van der Waals surface area (Å²) in [6, 6.07) is 12.3. The highest BCUT2D eigenvalue weighted by atomic mass is 35.5. The number of benzene rings is 2. The zero-order valence-corrected chi connectivity index (χ0v) is 16.9. The highest BCUT2D eigenvalue weighted by molar-refractivity contribution is 6.30. The smallest absolute Gasteiger partial charge is 0.251 e. The number of halogens is 1. The highest BCUT2D eigenvalue weighted by Crippen LogP contribution is 2.26. The molecule has 0 unspecified atom stereocenters. The van der Waals surface area contributed by atoms with Gasteiger partial charge >= 0.3 is 0 Å². The number of anilines is 2. The third kappa shape index (κ3) is 5.73. The molecule has 7 heteroatoms. The van der Waals surface area contributed by atoms with Gasteiger partial charge in [-0.1, -0.05) is 11.6 Å². The van der Waals surface area contributed by atoms with Crippen LogP contribution >= 0.6 is 11.6 Å². The zero-order valence-electron chi connectivity index (χ0n) is 16.2. The summed E-state index contributed by atoms with van der Waals surface area (Å²) in [6.07, 6.45) is 0.724. The summed E-state index contributed by atoms with van der Waals surface area (Å²) in [6.45, 7) is 2.30. The number of hydrogen-bond donors (Lipinski definition) is 2. The summed E-state index contributed by atoms with van der Waals surface area (Å²) in [7, 11) is 3.81. The Kier molecular flexibility index (Phi) is 7.42. The zero-order chi connectivity index (χ0) is 20.7. The van der Waals surface area contributed by atoms with Gasteiger partial charge in [0.15, 0.2) is 0 Å². The number of carbonyl (C=O) groups excluding carboxylic acids is 2. The summed E-state index contributed by atoms with van der Waals surface area (Å²) in [5.41, 5.74) is 3.33. The fraction of sp³-hybridized carbons (Fsp3) is 0.286. The van der Waals surface area contributed by atoms with Crippen LogP contribution < -0.4 is 15.5 Å². The summed E-state index contributed by atoms with van der Waals surface area (Å²) in [4.78, 5) is 26.1. The van der Waals surface area contributed by atoms with Crippen molar-refractivity contribution >= 4 is 34.8 Å². The van der Waals surface area contributed by atoms with Gasteiger partial charge < -0.3 is 15.5 Å². The lowest BCUT2D eigenvalue weighted by molar-refractivity contribution is -0.116. The number of aryl methyl sites for hydroxylation is 1. The van der Waals surface area contributed by atoms with E-state index >= 15 is 0 Å². The fourth-order valence-electron chi connectivity index (χ4n) is 2.74. The van der Waals surface area contributed by atoms with E-state index in [2.05, 4.69) is 16.7 Å². The van der Waals surface area contributed by atoms with E-state index in [9.17, 15) is 14.9 Å². The van der Waals surface area contributed by atoms with Crippen LogP contribution in [0.5, 0.6) is 0 Å². The second-order valence-corrected chi connectivity index (χ2v) is 7.04. The lowest BCUT2D eigenvalue weighted by Gasteiger charge is -2.18. The van der Waals surface area contributed by atoms with Crippen LogP contribution in [0.15, 0.2) is 36.4 Å². The first-order valence-corrected chi connectivity index (χ1v) is 9.25. The number of carbonyl (C=O) groups is 2. The first-order chi connectivity index (χ1) is 13.3. The number of nitrogens with one attached hydrogen (secondary N) is 2. The van der Waals surface area contributed by atoms with Crippen molar-refractivity contribution in [3.63, 3.8) is 0 Å². The van der Waals surface area contributed by atoms with Gasteiger partial charge in [0.2, 0.25) is 5.91 Å². The molecule has 2 amide bonds. The van der Waals surface area contributed by atoms with Crippen molar-refractivity contribution in [2.24, 2.45) is 0 Å². The Morgan fingerprint density at radius 3 is 2.46 bits per heavy atom. The molecule has 0 radical (unpaired) electrons. The van der Waals surface area contributed by atoms with Gasteiger partial charge in [0.25, 0.3) is 5.91 Å². The van der Waals surface area contributed by atoms with Crippen molar-refractivity contribution in [2.45, 2.75) is 19.8 Å². The fourth-order valence-corrected chi connectivity index (χ4v) is 2.87. The molecule has 0 fully saturated rings. The minimum absolute atomic E-state index is 0.200. The molecule has 0 saturated heterocycles. The molecule has 146 valence electrons. The third-order valence-corrected chi connectivity index (χ3v) is 4.44. The number of nitriles is 1. The summed E-state index contributed by atoms with van der Waals surface area (Å²) in [5.74, 6) is -0.409. The van der Waals surface area contributed by atoms with Crippen LogP contribution in [0, 0.1) is 18.3 Å². The van der Waals surface area contributed by atoms with Crippen molar-refractivity contribution in [3.05, 3.63) is 58.1 Å². The van der Waals surface area contributed by atoms with E-state index < -0.39 is 0 Å². The minimum Gasteiger partial charge on any atom is -0.377 e. The largest absolute Gasteiger partial charge is 0.377 e. The maximum Gasteiger partial charge on any atom is 0.251 e. The second kappa shape index (κ2) is 9.77. The predicted molar refractivity (Wildman–Crippen MR) is 112 cm³/mol. The maximum atomic E-state index is 12.2. The van der Waals surface area contributed by atoms with Gasteiger partial charge in [0, 0.05) is 43.3 Å². The lowest BCUT2D eigenvalue weighted by Crippen LogP contribution is -2.25. The van der Waals surface area contributed by atoms with Gasteiger partial charge in [-0.25, -0.2) is 0 Å². The van der Waals surface area contributed by atoms with Crippen LogP contribution in [-0.2, 0) is 4.79 Å². The number of rotatable bonds is 7. The van der Waals surface area contributed by atoms with Crippen molar-refractivity contribution < 1.29 is 9.59 Å². The van der Waals surface area contributed by atoms with Crippen molar-refractivity contribution in [1.82, 2.24) is 5.32 Å². The molecule has 0 aliphatic rings. The number of amides is 2. The van der Waals surface area contributed by atoms with E-state index in [4.69, 9.17) is 11.6 Å². The first kappa shape index (κ1) is 21.3. The molecule has 0 atom stereocenters. The van der Waals surface area contributed by atoms with E-state index in [-0.39, 0.29) is 18.2 Å². The lowest BCUT2D eigenvalue weighted by atomic mass is 10.1. The number of nitrogens with zero attached hydrogens (tertiary/aromatic N) is 2. The SMILES string of the molecule is Cc1cc(NC(=O)CCCNC(=O)c2ccc(Cl)cc2)c(C#N)cc1N(C)C. The molecule has 0 bridgehead atoms. The molecule has 2 rings (SSSR count). The van der Waals surface area contributed by atoms with Crippen LogP contribution in [0.1, 0.15) is 34.3 Å². The first-order valence-electron chi connectivity index (χ1n) is 8.87. The van der Waals surface area contributed by atoms with Crippen molar-refractivity contribution in [2.75, 3.05) is 30.9 Å². The van der Waals surface area contributed by atoms with E-state index in [1.165, 1.54) is 0 Å². The van der Waals surface area contributed by atoms with Crippen molar-refractivity contribution in [3.8, 4) is 6.07 Å². The Hall–Kier alpha value is -3.04. The molecule has 28 heavy (non-hydrogen) atoms. The molecule has 0 heterocycles. The van der Waals surface area contributed by atoms with Crippen LogP contribution in [0.25, 0.3) is 0 Å². The molecular formula is C21H23ClN4O2. The molecule has 2 aromatic carbocycles. The Balaban J connectivity index is 1.86. The van der Waals surface area contributed by atoms with Gasteiger partial charge in [-0.2, -0.15) is 5.26 Å². The molecule has 0 aliphatic heterocycles. The molecular weight excluding hydrogens is 376 g/mol.